The Labute approximate surface area is 137 Å². The lowest BCUT2D eigenvalue weighted by molar-refractivity contribution is 0.0457. The summed E-state index contributed by atoms with van der Waals surface area (Å²) in [5.41, 5.74) is 6.00. The number of nitrogen functional groups attached to an aromatic ring is 1. The van der Waals surface area contributed by atoms with Gasteiger partial charge in [-0.15, -0.1) is 5.10 Å². The van der Waals surface area contributed by atoms with E-state index >= 15 is 0 Å². The van der Waals surface area contributed by atoms with Crippen molar-refractivity contribution in [2.75, 3.05) is 5.73 Å². The molecule has 2 aromatic rings. The molecule has 7 nitrogen and oxygen atoms in total. The predicted molar refractivity (Wildman–Crippen MR) is 82.7 cm³/mol. The predicted octanol–water partition coefficient (Wildman–Crippen LogP) is 2.72. The van der Waals surface area contributed by atoms with Crippen molar-refractivity contribution in [1.29, 1.82) is 0 Å². The molecule has 1 aromatic heterocycles. The van der Waals surface area contributed by atoms with Crippen LogP contribution in [0.5, 0.6) is 0 Å². The lowest BCUT2D eigenvalue weighted by Gasteiger charge is -2.09. The number of aromatic nitrogens is 4. The standard InChI is InChI=1S/C13H15Cl2N5O2/c1-2-3-4-20-11(17-18-19-20)7-22-13(21)9-5-8(14)6-10(15)12(9)16/h5-6H,2-4,7,16H2,1H3. The van der Waals surface area contributed by atoms with Crippen LogP contribution in [0.2, 0.25) is 10.0 Å². The minimum Gasteiger partial charge on any atom is -0.454 e. The quantitative estimate of drug-likeness (QED) is 0.639. The monoisotopic (exact) mass is 343 g/mol. The summed E-state index contributed by atoms with van der Waals surface area (Å²) in [6, 6.07) is 2.87. The summed E-state index contributed by atoms with van der Waals surface area (Å²) >= 11 is 11.8. The van der Waals surface area contributed by atoms with Crippen molar-refractivity contribution in [3.05, 3.63) is 33.6 Å². The van der Waals surface area contributed by atoms with Crippen LogP contribution in [0.15, 0.2) is 12.1 Å². The summed E-state index contributed by atoms with van der Waals surface area (Å²) < 4.78 is 6.79. The average molecular weight is 344 g/mol. The minimum absolute atomic E-state index is 0.0564. The van der Waals surface area contributed by atoms with Gasteiger partial charge >= 0.3 is 5.97 Å². The summed E-state index contributed by atoms with van der Waals surface area (Å²) in [5, 5.41) is 11.8. The van der Waals surface area contributed by atoms with Gasteiger partial charge < -0.3 is 10.5 Å². The van der Waals surface area contributed by atoms with E-state index in [1.54, 1.807) is 4.68 Å². The van der Waals surface area contributed by atoms with Gasteiger partial charge in [-0.25, -0.2) is 9.48 Å². The van der Waals surface area contributed by atoms with E-state index in [0.29, 0.717) is 17.4 Å². The molecule has 0 unspecified atom stereocenters. The number of tetrazole rings is 1. The van der Waals surface area contributed by atoms with Crippen molar-refractivity contribution in [2.24, 2.45) is 0 Å². The number of unbranched alkanes of at least 4 members (excludes halogenated alkanes) is 1. The number of esters is 1. The van der Waals surface area contributed by atoms with E-state index in [1.165, 1.54) is 12.1 Å². The first kappa shape index (κ1) is 16.5. The van der Waals surface area contributed by atoms with Crippen LogP contribution in [-0.2, 0) is 17.9 Å². The maximum Gasteiger partial charge on any atom is 0.340 e. The van der Waals surface area contributed by atoms with Crippen molar-refractivity contribution in [3.63, 3.8) is 0 Å². The fourth-order valence-electron chi connectivity index (χ4n) is 1.77. The third-order valence-electron chi connectivity index (χ3n) is 2.98. The molecule has 22 heavy (non-hydrogen) atoms. The zero-order valence-electron chi connectivity index (χ0n) is 11.9. The molecule has 1 heterocycles. The van der Waals surface area contributed by atoms with Crippen LogP contribution in [-0.4, -0.2) is 26.2 Å². The van der Waals surface area contributed by atoms with E-state index < -0.39 is 5.97 Å². The van der Waals surface area contributed by atoms with Gasteiger partial charge in [0.2, 0.25) is 0 Å². The fourth-order valence-corrected chi connectivity index (χ4v) is 2.26. The molecule has 2 rings (SSSR count). The molecule has 0 amide bonds. The maximum absolute atomic E-state index is 12.1. The first-order valence-corrected chi connectivity index (χ1v) is 7.45. The van der Waals surface area contributed by atoms with Gasteiger partial charge in [-0.1, -0.05) is 36.5 Å². The zero-order valence-corrected chi connectivity index (χ0v) is 13.4. The second-order valence-electron chi connectivity index (χ2n) is 4.60. The number of anilines is 1. The lowest BCUT2D eigenvalue weighted by atomic mass is 10.2. The number of halogens is 2. The van der Waals surface area contributed by atoms with Crippen LogP contribution in [0.3, 0.4) is 0 Å². The first-order chi connectivity index (χ1) is 10.5. The molecule has 0 spiro atoms. The van der Waals surface area contributed by atoms with Crippen LogP contribution < -0.4 is 5.73 Å². The van der Waals surface area contributed by atoms with E-state index in [0.717, 1.165) is 12.8 Å². The average Bonchev–Trinajstić information content (AvgIpc) is 2.93. The molecule has 0 aliphatic carbocycles. The van der Waals surface area contributed by atoms with Crippen LogP contribution in [0.25, 0.3) is 0 Å². The zero-order chi connectivity index (χ0) is 16.1. The van der Waals surface area contributed by atoms with Crippen LogP contribution in [0, 0.1) is 0 Å². The van der Waals surface area contributed by atoms with Crippen LogP contribution in [0.4, 0.5) is 5.69 Å². The number of aryl methyl sites for hydroxylation is 1. The molecule has 0 atom stereocenters. The third kappa shape index (κ3) is 3.86. The van der Waals surface area contributed by atoms with Crippen LogP contribution >= 0.6 is 23.2 Å². The van der Waals surface area contributed by atoms with Crippen molar-refractivity contribution < 1.29 is 9.53 Å². The van der Waals surface area contributed by atoms with Gasteiger partial charge in [0.15, 0.2) is 12.4 Å². The molecule has 0 aliphatic heterocycles. The van der Waals surface area contributed by atoms with Gasteiger partial charge in [0.25, 0.3) is 0 Å². The summed E-state index contributed by atoms with van der Waals surface area (Å²) in [6.07, 6.45) is 1.94. The fraction of sp³-hybridized carbons (Fsp3) is 0.385. The number of benzene rings is 1. The topological polar surface area (TPSA) is 95.9 Å². The molecule has 0 aliphatic rings. The Kier molecular flexibility index (Phi) is 5.57. The van der Waals surface area contributed by atoms with Gasteiger partial charge in [-0.3, -0.25) is 0 Å². The van der Waals surface area contributed by atoms with Crippen molar-refractivity contribution in [1.82, 2.24) is 20.2 Å². The Balaban J connectivity index is 2.06. The number of hydrogen-bond donors (Lipinski definition) is 1. The summed E-state index contributed by atoms with van der Waals surface area (Å²) in [7, 11) is 0. The molecule has 0 bridgehead atoms. The Bertz CT molecular complexity index is 674. The highest BCUT2D eigenvalue weighted by Gasteiger charge is 2.16. The van der Waals surface area contributed by atoms with Gasteiger partial charge in [0, 0.05) is 11.6 Å². The molecule has 9 heteroatoms. The molecule has 2 N–H and O–H groups in total. The van der Waals surface area contributed by atoms with E-state index in [2.05, 4.69) is 22.4 Å². The summed E-state index contributed by atoms with van der Waals surface area (Å²) in [4.78, 5) is 12.1. The van der Waals surface area contributed by atoms with Gasteiger partial charge in [0.05, 0.1) is 16.3 Å². The minimum atomic E-state index is -0.632. The molecule has 0 radical (unpaired) electrons. The largest absolute Gasteiger partial charge is 0.454 e. The summed E-state index contributed by atoms with van der Waals surface area (Å²) in [6.45, 7) is 2.68. The number of ether oxygens (including phenoxy) is 1. The number of hydrogen-bond acceptors (Lipinski definition) is 6. The second-order valence-corrected chi connectivity index (χ2v) is 5.44. The highest BCUT2D eigenvalue weighted by Crippen LogP contribution is 2.28. The molecule has 0 saturated heterocycles. The maximum atomic E-state index is 12.1. The third-order valence-corrected chi connectivity index (χ3v) is 3.51. The van der Waals surface area contributed by atoms with E-state index in [9.17, 15) is 4.79 Å². The highest BCUT2D eigenvalue weighted by atomic mass is 35.5. The molecule has 118 valence electrons. The number of nitrogens with zero attached hydrogens (tertiary/aromatic N) is 4. The molecule has 1 aromatic carbocycles. The van der Waals surface area contributed by atoms with Gasteiger partial charge in [-0.05, 0) is 29.0 Å². The highest BCUT2D eigenvalue weighted by molar-refractivity contribution is 6.37. The number of carbonyl (C=O) groups is 1. The Hall–Kier alpha value is -1.86. The first-order valence-electron chi connectivity index (χ1n) is 6.69. The van der Waals surface area contributed by atoms with E-state index in [-0.39, 0.29) is 22.9 Å². The molecular formula is C13H15Cl2N5O2. The van der Waals surface area contributed by atoms with Crippen molar-refractivity contribution in [3.8, 4) is 0 Å². The Morgan fingerprint density at radius 3 is 2.91 bits per heavy atom. The van der Waals surface area contributed by atoms with E-state index in [4.69, 9.17) is 33.7 Å². The Morgan fingerprint density at radius 2 is 2.18 bits per heavy atom. The van der Waals surface area contributed by atoms with E-state index in [1.807, 2.05) is 0 Å². The summed E-state index contributed by atoms with van der Waals surface area (Å²) in [5.74, 6) is -0.166. The van der Waals surface area contributed by atoms with Crippen molar-refractivity contribution in [2.45, 2.75) is 32.9 Å². The second kappa shape index (κ2) is 7.42. The molecule has 0 saturated carbocycles. The molecule has 0 fully saturated rings. The van der Waals surface area contributed by atoms with Crippen LogP contribution in [0.1, 0.15) is 35.9 Å². The van der Waals surface area contributed by atoms with Gasteiger partial charge in [-0.2, -0.15) is 0 Å². The number of rotatable bonds is 6. The molecular weight excluding hydrogens is 329 g/mol. The Morgan fingerprint density at radius 1 is 1.41 bits per heavy atom. The normalized spacial score (nSPS) is 10.7. The smallest absolute Gasteiger partial charge is 0.340 e. The van der Waals surface area contributed by atoms with Crippen molar-refractivity contribution >= 4 is 34.9 Å². The number of carbonyl (C=O) groups excluding carboxylic acids is 1. The number of nitrogens with two attached hydrogens (primary N) is 1. The van der Waals surface area contributed by atoms with Gasteiger partial charge in [0.1, 0.15) is 0 Å². The SMILES string of the molecule is CCCCn1nnnc1COC(=O)c1cc(Cl)cc(Cl)c1N. The lowest BCUT2D eigenvalue weighted by Crippen LogP contribution is -2.12.